The van der Waals surface area contributed by atoms with Crippen LogP contribution in [-0.4, -0.2) is 35.6 Å². The molecule has 1 rings (SSSR count). The van der Waals surface area contributed by atoms with Gasteiger partial charge in [0.1, 0.15) is 0 Å². The molecule has 0 heterocycles. The normalized spacial score (nSPS) is 10.1. The molecule has 0 bridgehead atoms. The number of nitrogens with one attached hydrogen (secondary N) is 1. The molecule has 0 aliphatic heterocycles. The second-order valence-corrected chi connectivity index (χ2v) is 5.17. The molecule has 0 atom stereocenters. The minimum absolute atomic E-state index is 0.0645. The summed E-state index contributed by atoms with van der Waals surface area (Å²) in [6, 6.07) is 5.30. The van der Waals surface area contributed by atoms with E-state index in [0.29, 0.717) is 13.0 Å². The first-order chi connectivity index (χ1) is 8.90. The highest BCUT2D eigenvalue weighted by atomic mass is 79.9. The Morgan fingerprint density at radius 3 is 2.68 bits per heavy atom. The molecule has 2 N–H and O–H groups in total. The number of carboxylic acids is 1. The SMILES string of the molecule is Cc1cc(NC(=O)N(C)CCCC(=O)O)ccc1Br. The number of aryl methyl sites for hydroxylation is 1. The molecule has 0 aliphatic carbocycles. The number of anilines is 1. The lowest BCUT2D eigenvalue weighted by Gasteiger charge is -2.17. The van der Waals surface area contributed by atoms with E-state index in [2.05, 4.69) is 21.2 Å². The van der Waals surface area contributed by atoms with Gasteiger partial charge in [-0.25, -0.2) is 4.79 Å². The molecule has 0 radical (unpaired) electrons. The van der Waals surface area contributed by atoms with Gasteiger partial charge in [-0.05, 0) is 37.1 Å². The number of hydrogen-bond donors (Lipinski definition) is 2. The first-order valence-corrected chi connectivity index (χ1v) is 6.69. The highest BCUT2D eigenvalue weighted by Gasteiger charge is 2.09. The number of hydrogen-bond acceptors (Lipinski definition) is 2. The van der Waals surface area contributed by atoms with E-state index < -0.39 is 5.97 Å². The average Bonchev–Trinajstić information content (AvgIpc) is 2.33. The Bertz CT molecular complexity index is 477. The smallest absolute Gasteiger partial charge is 0.321 e. The van der Waals surface area contributed by atoms with Gasteiger partial charge in [0.15, 0.2) is 0 Å². The summed E-state index contributed by atoms with van der Waals surface area (Å²) < 4.78 is 0.986. The van der Waals surface area contributed by atoms with Crippen LogP contribution in [-0.2, 0) is 4.79 Å². The van der Waals surface area contributed by atoms with Crippen molar-refractivity contribution < 1.29 is 14.7 Å². The maximum Gasteiger partial charge on any atom is 0.321 e. The van der Waals surface area contributed by atoms with Crippen LogP contribution >= 0.6 is 15.9 Å². The minimum atomic E-state index is -0.850. The molecular weight excluding hydrogens is 312 g/mol. The molecule has 1 aromatic rings. The van der Waals surface area contributed by atoms with Crippen LogP contribution in [0.15, 0.2) is 22.7 Å². The van der Waals surface area contributed by atoms with Crippen molar-refractivity contribution in [3.8, 4) is 0 Å². The molecule has 5 nitrogen and oxygen atoms in total. The fraction of sp³-hybridized carbons (Fsp3) is 0.385. The lowest BCUT2D eigenvalue weighted by atomic mass is 10.2. The predicted molar refractivity (Wildman–Crippen MR) is 77.4 cm³/mol. The number of carbonyl (C=O) groups is 2. The highest BCUT2D eigenvalue weighted by molar-refractivity contribution is 9.10. The first kappa shape index (κ1) is 15.5. The van der Waals surface area contributed by atoms with Gasteiger partial charge >= 0.3 is 12.0 Å². The molecule has 0 saturated heterocycles. The van der Waals surface area contributed by atoms with Crippen molar-refractivity contribution in [1.82, 2.24) is 4.90 Å². The quantitative estimate of drug-likeness (QED) is 0.872. The Morgan fingerprint density at radius 2 is 2.11 bits per heavy atom. The second kappa shape index (κ2) is 7.13. The van der Waals surface area contributed by atoms with Gasteiger partial charge in [0, 0.05) is 30.2 Å². The zero-order valence-corrected chi connectivity index (χ0v) is 12.5. The van der Waals surface area contributed by atoms with Crippen molar-refractivity contribution in [3.63, 3.8) is 0 Å². The Morgan fingerprint density at radius 1 is 1.42 bits per heavy atom. The van der Waals surface area contributed by atoms with Crippen molar-refractivity contribution in [2.75, 3.05) is 18.9 Å². The number of carboxylic acid groups (broad SMARTS) is 1. The van der Waals surface area contributed by atoms with Crippen molar-refractivity contribution in [3.05, 3.63) is 28.2 Å². The zero-order chi connectivity index (χ0) is 14.4. The molecule has 2 amide bonds. The van der Waals surface area contributed by atoms with Crippen molar-refractivity contribution in [2.45, 2.75) is 19.8 Å². The number of urea groups is 1. The van der Waals surface area contributed by atoms with E-state index in [4.69, 9.17) is 5.11 Å². The molecule has 6 heteroatoms. The summed E-state index contributed by atoms with van der Waals surface area (Å²) in [4.78, 5) is 23.7. The molecule has 0 unspecified atom stereocenters. The molecule has 0 aliphatic rings. The van der Waals surface area contributed by atoms with Crippen LogP contribution in [0.2, 0.25) is 0 Å². The van der Waals surface area contributed by atoms with Gasteiger partial charge in [-0.3, -0.25) is 4.79 Å². The number of benzene rings is 1. The van der Waals surface area contributed by atoms with Crippen molar-refractivity contribution in [1.29, 1.82) is 0 Å². The number of amides is 2. The number of halogens is 1. The summed E-state index contributed by atoms with van der Waals surface area (Å²) >= 11 is 3.39. The standard InChI is InChI=1S/C13H17BrN2O3/c1-9-8-10(5-6-11(9)14)15-13(19)16(2)7-3-4-12(17)18/h5-6,8H,3-4,7H2,1-2H3,(H,15,19)(H,17,18). The van der Waals surface area contributed by atoms with Gasteiger partial charge in [-0.1, -0.05) is 15.9 Å². The Balaban J connectivity index is 2.49. The van der Waals surface area contributed by atoms with Gasteiger partial charge in [-0.2, -0.15) is 0 Å². The summed E-state index contributed by atoms with van der Waals surface area (Å²) in [6.07, 6.45) is 0.508. The zero-order valence-electron chi connectivity index (χ0n) is 10.9. The third-order valence-corrected chi connectivity index (χ3v) is 3.53. The Kier molecular flexibility index (Phi) is 5.82. The van der Waals surface area contributed by atoms with Crippen LogP contribution in [0, 0.1) is 6.92 Å². The average molecular weight is 329 g/mol. The van der Waals surface area contributed by atoms with Gasteiger partial charge < -0.3 is 15.3 Å². The third kappa shape index (κ3) is 5.30. The summed E-state index contributed by atoms with van der Waals surface area (Å²) in [5.41, 5.74) is 1.75. The number of rotatable bonds is 5. The van der Waals surface area contributed by atoms with E-state index in [1.807, 2.05) is 19.1 Å². The van der Waals surface area contributed by atoms with Crippen LogP contribution in [0.3, 0.4) is 0 Å². The molecule has 0 spiro atoms. The predicted octanol–water partition coefficient (Wildman–Crippen LogP) is 3.09. The molecule has 0 fully saturated rings. The first-order valence-electron chi connectivity index (χ1n) is 5.90. The van der Waals surface area contributed by atoms with E-state index in [1.165, 1.54) is 4.90 Å². The molecule has 19 heavy (non-hydrogen) atoms. The minimum Gasteiger partial charge on any atom is -0.481 e. The number of nitrogens with zero attached hydrogens (tertiary/aromatic N) is 1. The van der Waals surface area contributed by atoms with Crippen LogP contribution < -0.4 is 5.32 Å². The topological polar surface area (TPSA) is 69.6 Å². The van der Waals surface area contributed by atoms with Crippen LogP contribution in [0.4, 0.5) is 10.5 Å². The van der Waals surface area contributed by atoms with Crippen LogP contribution in [0.25, 0.3) is 0 Å². The fourth-order valence-corrected chi connectivity index (χ4v) is 1.76. The Labute approximate surface area is 120 Å². The van der Waals surface area contributed by atoms with Gasteiger partial charge in [0.25, 0.3) is 0 Å². The fourth-order valence-electron chi connectivity index (χ4n) is 1.51. The van der Waals surface area contributed by atoms with Crippen LogP contribution in [0.5, 0.6) is 0 Å². The molecule has 0 saturated carbocycles. The number of aliphatic carboxylic acids is 1. The maximum absolute atomic E-state index is 11.8. The van der Waals surface area contributed by atoms with E-state index >= 15 is 0 Å². The van der Waals surface area contributed by atoms with Gasteiger partial charge in [0.2, 0.25) is 0 Å². The lowest BCUT2D eigenvalue weighted by Crippen LogP contribution is -2.32. The Hall–Kier alpha value is -1.56. The number of carbonyl (C=O) groups excluding carboxylic acids is 1. The van der Waals surface area contributed by atoms with Crippen molar-refractivity contribution >= 4 is 33.6 Å². The summed E-state index contributed by atoms with van der Waals surface area (Å²) in [7, 11) is 1.64. The van der Waals surface area contributed by atoms with Gasteiger partial charge in [-0.15, -0.1) is 0 Å². The van der Waals surface area contributed by atoms with E-state index in [1.54, 1.807) is 13.1 Å². The second-order valence-electron chi connectivity index (χ2n) is 4.31. The monoisotopic (exact) mass is 328 g/mol. The van der Waals surface area contributed by atoms with E-state index in [9.17, 15) is 9.59 Å². The van der Waals surface area contributed by atoms with Crippen LogP contribution in [0.1, 0.15) is 18.4 Å². The highest BCUT2D eigenvalue weighted by Crippen LogP contribution is 2.20. The summed E-state index contributed by atoms with van der Waals surface area (Å²) in [5, 5.41) is 11.3. The lowest BCUT2D eigenvalue weighted by molar-refractivity contribution is -0.137. The maximum atomic E-state index is 11.8. The molecule has 1 aromatic carbocycles. The third-order valence-electron chi connectivity index (χ3n) is 2.64. The molecule has 104 valence electrons. The van der Waals surface area contributed by atoms with Gasteiger partial charge in [0.05, 0.1) is 0 Å². The van der Waals surface area contributed by atoms with E-state index in [0.717, 1.165) is 15.7 Å². The largest absolute Gasteiger partial charge is 0.481 e. The summed E-state index contributed by atoms with van der Waals surface area (Å²) in [6.45, 7) is 2.35. The van der Waals surface area contributed by atoms with Crippen molar-refractivity contribution in [2.24, 2.45) is 0 Å². The summed E-state index contributed by atoms with van der Waals surface area (Å²) in [5.74, 6) is -0.850. The van der Waals surface area contributed by atoms with E-state index in [-0.39, 0.29) is 12.5 Å². The molecule has 0 aromatic heterocycles. The molecular formula is C13H17BrN2O3.